The van der Waals surface area contributed by atoms with Gasteiger partial charge in [-0.25, -0.2) is 0 Å². The summed E-state index contributed by atoms with van der Waals surface area (Å²) in [6.45, 7) is 3.47. The van der Waals surface area contributed by atoms with Gasteiger partial charge < -0.3 is 14.8 Å². The molecule has 2 aromatic carbocycles. The molecule has 0 aliphatic rings. The van der Waals surface area contributed by atoms with Gasteiger partial charge in [0, 0.05) is 6.54 Å². The number of hydrogen-bond donors (Lipinski definition) is 1. The van der Waals surface area contributed by atoms with E-state index in [1.165, 1.54) is 11.1 Å². The van der Waals surface area contributed by atoms with Gasteiger partial charge in [-0.15, -0.1) is 0 Å². The van der Waals surface area contributed by atoms with Gasteiger partial charge >= 0.3 is 0 Å². The van der Waals surface area contributed by atoms with E-state index >= 15 is 0 Å². The number of hydrogen-bond acceptors (Lipinski definition) is 3. The molecule has 0 amide bonds. The maximum Gasteiger partial charge on any atom is 0.118 e. The van der Waals surface area contributed by atoms with E-state index in [0.717, 1.165) is 17.9 Å². The zero-order valence-corrected chi connectivity index (χ0v) is 12.9. The van der Waals surface area contributed by atoms with Crippen LogP contribution in [0.25, 0.3) is 0 Å². The van der Waals surface area contributed by atoms with Gasteiger partial charge in [0.2, 0.25) is 0 Å². The van der Waals surface area contributed by atoms with Crippen molar-refractivity contribution in [3.05, 3.63) is 65.2 Å². The highest BCUT2D eigenvalue weighted by atomic mass is 16.5. The predicted octanol–water partition coefficient (Wildman–Crippen LogP) is 3.48. The molecule has 0 heterocycles. The lowest BCUT2D eigenvalue weighted by molar-refractivity contribution is 0.0410. The normalized spacial score (nSPS) is 12.1. The molecule has 0 fully saturated rings. The third kappa shape index (κ3) is 4.59. The van der Waals surface area contributed by atoms with Crippen LogP contribution >= 0.6 is 0 Å². The van der Waals surface area contributed by atoms with Crippen molar-refractivity contribution in [3.8, 4) is 5.75 Å². The molecular formula is C18H23NO2. The van der Waals surface area contributed by atoms with Crippen molar-refractivity contribution >= 4 is 0 Å². The van der Waals surface area contributed by atoms with E-state index in [1.807, 2.05) is 31.3 Å². The van der Waals surface area contributed by atoms with Crippen molar-refractivity contribution in [1.29, 1.82) is 0 Å². The molecule has 0 aliphatic carbocycles. The summed E-state index contributed by atoms with van der Waals surface area (Å²) in [5, 5.41) is 3.19. The number of rotatable bonds is 7. The lowest BCUT2D eigenvalue weighted by Gasteiger charge is -2.18. The van der Waals surface area contributed by atoms with Gasteiger partial charge in [0.25, 0.3) is 0 Å². The van der Waals surface area contributed by atoms with Gasteiger partial charge in [-0.3, -0.25) is 0 Å². The van der Waals surface area contributed by atoms with E-state index in [-0.39, 0.29) is 6.10 Å². The Balaban J connectivity index is 2.00. The molecular weight excluding hydrogens is 262 g/mol. The summed E-state index contributed by atoms with van der Waals surface area (Å²) in [5.41, 5.74) is 3.60. The smallest absolute Gasteiger partial charge is 0.118 e. The fraction of sp³-hybridized carbons (Fsp3) is 0.333. The first-order valence-electron chi connectivity index (χ1n) is 7.18. The number of methoxy groups -OCH3 is 1. The second-order valence-corrected chi connectivity index (χ2v) is 5.12. The minimum atomic E-state index is 0.0534. The first kappa shape index (κ1) is 15.5. The van der Waals surface area contributed by atoms with Crippen LogP contribution in [0, 0.1) is 6.92 Å². The van der Waals surface area contributed by atoms with E-state index in [9.17, 15) is 0 Å². The largest absolute Gasteiger partial charge is 0.497 e. The summed E-state index contributed by atoms with van der Waals surface area (Å²) in [6.07, 6.45) is 0.0534. The molecule has 0 spiro atoms. The van der Waals surface area contributed by atoms with Gasteiger partial charge in [-0.2, -0.15) is 0 Å². The molecule has 2 rings (SSSR count). The molecule has 2 aromatic rings. The fourth-order valence-electron chi connectivity index (χ4n) is 2.16. The summed E-state index contributed by atoms with van der Waals surface area (Å²) in [5.74, 6) is 0.865. The molecule has 3 nitrogen and oxygen atoms in total. The Labute approximate surface area is 126 Å². The molecule has 1 unspecified atom stereocenters. The summed E-state index contributed by atoms with van der Waals surface area (Å²) in [6, 6.07) is 16.5. The van der Waals surface area contributed by atoms with Crippen LogP contribution in [0.4, 0.5) is 0 Å². The van der Waals surface area contributed by atoms with Crippen molar-refractivity contribution in [3.63, 3.8) is 0 Å². The maximum atomic E-state index is 6.06. The standard InChI is InChI=1S/C18H23NO2/c1-14-4-8-16(9-5-14)18(12-19-2)21-13-15-6-10-17(20-3)11-7-15/h4-11,18-19H,12-13H2,1-3H3. The summed E-state index contributed by atoms with van der Waals surface area (Å²) in [4.78, 5) is 0. The number of nitrogens with one attached hydrogen (secondary N) is 1. The van der Waals surface area contributed by atoms with Crippen LogP contribution in [0.15, 0.2) is 48.5 Å². The Morgan fingerprint density at radius 1 is 1.00 bits per heavy atom. The van der Waals surface area contributed by atoms with E-state index in [4.69, 9.17) is 9.47 Å². The Hall–Kier alpha value is -1.84. The van der Waals surface area contributed by atoms with Crippen LogP contribution in [-0.2, 0) is 11.3 Å². The van der Waals surface area contributed by atoms with Crippen LogP contribution in [0.5, 0.6) is 5.75 Å². The topological polar surface area (TPSA) is 30.5 Å². The SMILES string of the molecule is CNCC(OCc1ccc(OC)cc1)c1ccc(C)cc1. The molecule has 0 aliphatic heterocycles. The fourth-order valence-corrected chi connectivity index (χ4v) is 2.16. The highest BCUT2D eigenvalue weighted by Gasteiger charge is 2.11. The predicted molar refractivity (Wildman–Crippen MR) is 85.6 cm³/mol. The average molecular weight is 285 g/mol. The third-order valence-corrected chi connectivity index (χ3v) is 3.45. The van der Waals surface area contributed by atoms with Gasteiger partial charge in [0.1, 0.15) is 5.75 Å². The molecule has 0 bridgehead atoms. The molecule has 0 saturated heterocycles. The second-order valence-electron chi connectivity index (χ2n) is 5.12. The molecule has 3 heteroatoms. The number of benzene rings is 2. The van der Waals surface area contributed by atoms with Crippen molar-refractivity contribution in [2.75, 3.05) is 20.7 Å². The molecule has 1 N–H and O–H groups in total. The van der Waals surface area contributed by atoms with Crippen molar-refractivity contribution in [1.82, 2.24) is 5.32 Å². The third-order valence-electron chi connectivity index (χ3n) is 3.45. The van der Waals surface area contributed by atoms with E-state index < -0.39 is 0 Å². The first-order valence-corrected chi connectivity index (χ1v) is 7.18. The minimum absolute atomic E-state index is 0.0534. The monoisotopic (exact) mass is 285 g/mol. The van der Waals surface area contributed by atoms with Crippen molar-refractivity contribution < 1.29 is 9.47 Å². The van der Waals surface area contributed by atoms with E-state index in [0.29, 0.717) is 6.61 Å². The number of aryl methyl sites for hydroxylation is 1. The molecule has 1 atom stereocenters. The van der Waals surface area contributed by atoms with E-state index in [2.05, 4.69) is 36.5 Å². The quantitative estimate of drug-likeness (QED) is 0.845. The molecule has 0 saturated carbocycles. The minimum Gasteiger partial charge on any atom is -0.497 e. The second kappa shape index (κ2) is 7.81. The van der Waals surface area contributed by atoms with Gasteiger partial charge in [-0.05, 0) is 37.2 Å². The zero-order chi connectivity index (χ0) is 15.1. The Morgan fingerprint density at radius 2 is 1.67 bits per heavy atom. The summed E-state index contributed by atoms with van der Waals surface area (Å²) < 4.78 is 11.2. The first-order chi connectivity index (χ1) is 10.2. The highest BCUT2D eigenvalue weighted by molar-refractivity contribution is 5.27. The van der Waals surface area contributed by atoms with Gasteiger partial charge in [0.15, 0.2) is 0 Å². The summed E-state index contributed by atoms with van der Waals surface area (Å²) in [7, 11) is 3.61. The van der Waals surface area contributed by atoms with Crippen molar-refractivity contribution in [2.24, 2.45) is 0 Å². The van der Waals surface area contributed by atoms with Crippen LogP contribution in [-0.4, -0.2) is 20.7 Å². The van der Waals surface area contributed by atoms with Crippen LogP contribution in [0.2, 0.25) is 0 Å². The molecule has 21 heavy (non-hydrogen) atoms. The van der Waals surface area contributed by atoms with Crippen LogP contribution in [0.1, 0.15) is 22.8 Å². The summed E-state index contributed by atoms with van der Waals surface area (Å²) >= 11 is 0. The maximum absolute atomic E-state index is 6.06. The Morgan fingerprint density at radius 3 is 2.24 bits per heavy atom. The average Bonchev–Trinajstić information content (AvgIpc) is 2.53. The lowest BCUT2D eigenvalue weighted by atomic mass is 10.1. The highest BCUT2D eigenvalue weighted by Crippen LogP contribution is 2.20. The van der Waals surface area contributed by atoms with Crippen molar-refractivity contribution in [2.45, 2.75) is 19.6 Å². The van der Waals surface area contributed by atoms with Gasteiger partial charge in [-0.1, -0.05) is 42.0 Å². The number of ether oxygens (including phenoxy) is 2. The molecule has 0 radical (unpaired) electrons. The van der Waals surface area contributed by atoms with E-state index in [1.54, 1.807) is 7.11 Å². The molecule has 112 valence electrons. The Bertz CT molecular complexity index is 534. The number of likely N-dealkylation sites (N-methyl/N-ethyl adjacent to an activating group) is 1. The van der Waals surface area contributed by atoms with Crippen LogP contribution in [0.3, 0.4) is 0 Å². The van der Waals surface area contributed by atoms with Gasteiger partial charge in [0.05, 0.1) is 19.8 Å². The Kier molecular flexibility index (Phi) is 5.78. The zero-order valence-electron chi connectivity index (χ0n) is 12.9. The van der Waals surface area contributed by atoms with Crippen LogP contribution < -0.4 is 10.1 Å². The molecule has 0 aromatic heterocycles. The lowest BCUT2D eigenvalue weighted by Crippen LogP contribution is -2.19.